The van der Waals surface area contributed by atoms with Crippen molar-refractivity contribution < 1.29 is 4.42 Å². The fourth-order valence-electron chi connectivity index (χ4n) is 2.27. The zero-order valence-corrected chi connectivity index (χ0v) is 10.5. The molecule has 0 aliphatic heterocycles. The number of nitriles is 1. The van der Waals surface area contributed by atoms with Crippen LogP contribution in [0.3, 0.4) is 0 Å². The molecule has 0 atom stereocenters. The van der Waals surface area contributed by atoms with Crippen LogP contribution in [0.5, 0.6) is 0 Å². The largest absolute Gasteiger partial charge is 0.467 e. The molecule has 0 saturated heterocycles. The van der Waals surface area contributed by atoms with Crippen molar-refractivity contribution in [1.82, 2.24) is 0 Å². The number of hydrogen-bond acceptors (Lipinski definition) is 4. The molecular weight excluding hydrogens is 238 g/mol. The van der Waals surface area contributed by atoms with Gasteiger partial charge in [0.25, 0.3) is 0 Å². The van der Waals surface area contributed by atoms with Crippen LogP contribution in [0.15, 0.2) is 41.0 Å². The lowest BCUT2D eigenvalue weighted by molar-refractivity contribution is 0.501. The van der Waals surface area contributed by atoms with Crippen LogP contribution < -0.4 is 10.6 Å². The Kier molecular flexibility index (Phi) is 2.88. The van der Waals surface area contributed by atoms with Gasteiger partial charge in [-0.05, 0) is 37.1 Å². The summed E-state index contributed by atoms with van der Waals surface area (Å²) in [4.78, 5) is 2.23. The van der Waals surface area contributed by atoms with E-state index in [0.29, 0.717) is 23.8 Å². The van der Waals surface area contributed by atoms with Crippen LogP contribution in [0.25, 0.3) is 0 Å². The van der Waals surface area contributed by atoms with E-state index in [0.717, 1.165) is 24.3 Å². The molecule has 0 radical (unpaired) electrons. The number of anilines is 2. The third-order valence-electron chi connectivity index (χ3n) is 3.41. The number of nitrogen functional groups attached to an aromatic ring is 1. The minimum atomic E-state index is 0.501. The van der Waals surface area contributed by atoms with Crippen molar-refractivity contribution in [3.63, 3.8) is 0 Å². The molecule has 4 heteroatoms. The summed E-state index contributed by atoms with van der Waals surface area (Å²) in [5.41, 5.74) is 8.11. The maximum atomic E-state index is 9.07. The molecule has 1 aromatic carbocycles. The summed E-state index contributed by atoms with van der Waals surface area (Å²) in [5, 5.41) is 9.07. The second-order valence-electron chi connectivity index (χ2n) is 4.79. The second-order valence-corrected chi connectivity index (χ2v) is 4.79. The normalized spacial score (nSPS) is 14.1. The van der Waals surface area contributed by atoms with Crippen molar-refractivity contribution in [3.05, 3.63) is 47.9 Å². The molecule has 3 rings (SSSR count). The summed E-state index contributed by atoms with van der Waals surface area (Å²) >= 11 is 0. The smallest absolute Gasteiger partial charge is 0.123 e. The SMILES string of the molecule is N#Cc1cccc(N(Cc2ccco2)C2CC2)c1N. The predicted octanol–water partition coefficient (Wildman–Crippen LogP) is 2.90. The van der Waals surface area contributed by atoms with E-state index in [1.807, 2.05) is 24.3 Å². The molecule has 0 bridgehead atoms. The molecule has 1 fully saturated rings. The van der Waals surface area contributed by atoms with Gasteiger partial charge in [-0.15, -0.1) is 0 Å². The van der Waals surface area contributed by atoms with E-state index in [9.17, 15) is 0 Å². The minimum Gasteiger partial charge on any atom is -0.467 e. The van der Waals surface area contributed by atoms with Gasteiger partial charge in [0.2, 0.25) is 0 Å². The standard InChI is InChI=1S/C15H15N3O/c16-9-11-3-1-5-14(15(11)17)18(12-6-7-12)10-13-4-2-8-19-13/h1-5,8,12H,6-7,10,17H2. The summed E-state index contributed by atoms with van der Waals surface area (Å²) in [6.07, 6.45) is 4.00. The van der Waals surface area contributed by atoms with Crippen LogP contribution in [0, 0.1) is 11.3 Å². The number of furan rings is 1. The summed E-state index contributed by atoms with van der Waals surface area (Å²) < 4.78 is 5.41. The Morgan fingerprint density at radius 3 is 2.79 bits per heavy atom. The van der Waals surface area contributed by atoms with E-state index in [4.69, 9.17) is 15.4 Å². The molecule has 96 valence electrons. The van der Waals surface area contributed by atoms with Crippen LogP contribution in [-0.2, 0) is 6.54 Å². The van der Waals surface area contributed by atoms with Crippen LogP contribution in [0.2, 0.25) is 0 Å². The van der Waals surface area contributed by atoms with Crippen LogP contribution in [0.4, 0.5) is 11.4 Å². The summed E-state index contributed by atoms with van der Waals surface area (Å²) in [5.74, 6) is 0.911. The van der Waals surface area contributed by atoms with E-state index in [2.05, 4.69) is 11.0 Å². The van der Waals surface area contributed by atoms with Crippen molar-refractivity contribution in [2.45, 2.75) is 25.4 Å². The Hall–Kier alpha value is -2.41. The Balaban J connectivity index is 1.94. The first-order valence-corrected chi connectivity index (χ1v) is 6.37. The van der Waals surface area contributed by atoms with Crippen molar-refractivity contribution in [2.75, 3.05) is 10.6 Å². The molecule has 1 aliphatic carbocycles. The second kappa shape index (κ2) is 4.69. The van der Waals surface area contributed by atoms with Crippen LogP contribution >= 0.6 is 0 Å². The van der Waals surface area contributed by atoms with Gasteiger partial charge in [0.1, 0.15) is 11.8 Å². The topological polar surface area (TPSA) is 66.2 Å². The summed E-state index contributed by atoms with van der Waals surface area (Å²) in [6, 6.07) is 12.1. The van der Waals surface area contributed by atoms with E-state index in [1.165, 1.54) is 0 Å². The lowest BCUT2D eigenvalue weighted by Crippen LogP contribution is -2.25. The van der Waals surface area contributed by atoms with E-state index >= 15 is 0 Å². The number of hydrogen-bond donors (Lipinski definition) is 1. The average Bonchev–Trinajstić information content (AvgIpc) is 3.14. The van der Waals surface area contributed by atoms with Gasteiger partial charge >= 0.3 is 0 Å². The molecule has 19 heavy (non-hydrogen) atoms. The summed E-state index contributed by atoms with van der Waals surface area (Å²) in [7, 11) is 0. The van der Waals surface area contributed by atoms with E-state index in [1.54, 1.807) is 12.3 Å². The van der Waals surface area contributed by atoms with Gasteiger partial charge < -0.3 is 15.1 Å². The molecule has 1 aromatic heterocycles. The number of rotatable bonds is 4. The van der Waals surface area contributed by atoms with Crippen molar-refractivity contribution in [2.24, 2.45) is 0 Å². The Labute approximate surface area is 112 Å². The van der Waals surface area contributed by atoms with E-state index in [-0.39, 0.29) is 0 Å². The molecule has 0 unspecified atom stereocenters. The highest BCUT2D eigenvalue weighted by atomic mass is 16.3. The lowest BCUT2D eigenvalue weighted by Gasteiger charge is -2.25. The predicted molar refractivity (Wildman–Crippen MR) is 73.5 cm³/mol. The first-order chi connectivity index (χ1) is 9.29. The van der Waals surface area contributed by atoms with Gasteiger partial charge in [0.05, 0.1) is 29.7 Å². The fourth-order valence-corrected chi connectivity index (χ4v) is 2.27. The number of benzene rings is 1. The third-order valence-corrected chi connectivity index (χ3v) is 3.41. The van der Waals surface area contributed by atoms with Gasteiger partial charge in [-0.3, -0.25) is 0 Å². The zero-order chi connectivity index (χ0) is 13.2. The quantitative estimate of drug-likeness (QED) is 0.851. The van der Waals surface area contributed by atoms with Crippen LogP contribution in [0.1, 0.15) is 24.2 Å². The number of nitrogens with zero attached hydrogens (tertiary/aromatic N) is 2. The van der Waals surface area contributed by atoms with Gasteiger partial charge in [-0.2, -0.15) is 5.26 Å². The highest BCUT2D eigenvalue weighted by molar-refractivity contribution is 5.74. The Morgan fingerprint density at radius 1 is 1.32 bits per heavy atom. The Morgan fingerprint density at radius 2 is 2.16 bits per heavy atom. The molecule has 1 heterocycles. The molecule has 0 spiro atoms. The zero-order valence-electron chi connectivity index (χ0n) is 10.5. The molecule has 1 aliphatic rings. The first-order valence-electron chi connectivity index (χ1n) is 6.37. The maximum absolute atomic E-state index is 9.07. The monoisotopic (exact) mass is 253 g/mol. The lowest BCUT2D eigenvalue weighted by atomic mass is 10.1. The molecule has 4 nitrogen and oxygen atoms in total. The number of nitrogens with two attached hydrogens (primary N) is 1. The average molecular weight is 253 g/mol. The number of para-hydroxylation sites is 1. The van der Waals surface area contributed by atoms with E-state index < -0.39 is 0 Å². The van der Waals surface area contributed by atoms with Gasteiger partial charge in [0.15, 0.2) is 0 Å². The van der Waals surface area contributed by atoms with Gasteiger partial charge in [0, 0.05) is 6.04 Å². The third kappa shape index (κ3) is 2.27. The van der Waals surface area contributed by atoms with Gasteiger partial charge in [-0.1, -0.05) is 6.07 Å². The van der Waals surface area contributed by atoms with Crippen molar-refractivity contribution >= 4 is 11.4 Å². The van der Waals surface area contributed by atoms with Crippen LogP contribution in [-0.4, -0.2) is 6.04 Å². The molecule has 2 aromatic rings. The highest BCUT2D eigenvalue weighted by Crippen LogP contribution is 2.37. The van der Waals surface area contributed by atoms with Crippen molar-refractivity contribution in [1.29, 1.82) is 5.26 Å². The summed E-state index contributed by atoms with van der Waals surface area (Å²) in [6.45, 7) is 0.691. The minimum absolute atomic E-state index is 0.501. The maximum Gasteiger partial charge on any atom is 0.123 e. The van der Waals surface area contributed by atoms with Crippen molar-refractivity contribution in [3.8, 4) is 6.07 Å². The highest BCUT2D eigenvalue weighted by Gasteiger charge is 2.31. The molecule has 0 amide bonds. The van der Waals surface area contributed by atoms with Gasteiger partial charge in [-0.25, -0.2) is 0 Å². The molecule has 2 N–H and O–H groups in total. The fraction of sp³-hybridized carbons (Fsp3) is 0.267. The first kappa shape index (κ1) is 11.7. The molecule has 1 saturated carbocycles. The molecular formula is C15H15N3O. The Bertz CT molecular complexity index is 609.